The Morgan fingerprint density at radius 2 is 1.63 bits per heavy atom. The van der Waals surface area contributed by atoms with E-state index in [-0.39, 0.29) is 34.1 Å². The molecule has 6 aromatic rings. The molecule has 7 atom stereocenters. The molecule has 7 rings (SSSR count). The van der Waals surface area contributed by atoms with Crippen LogP contribution >= 0.6 is 33.8 Å². The lowest BCUT2D eigenvalue weighted by atomic mass is 9.91. The highest BCUT2D eigenvalue weighted by atomic mass is 32.7. The van der Waals surface area contributed by atoms with Crippen LogP contribution in [-0.4, -0.2) is 75.9 Å². The van der Waals surface area contributed by atoms with E-state index in [0.717, 1.165) is 26.9 Å². The molecule has 3 heterocycles. The zero-order chi connectivity index (χ0) is 37.3. The Kier molecular flexibility index (Phi) is 9.45. The number of ether oxygens (including phenoxy) is 1. The normalized spacial score (nSPS) is 23.0. The summed E-state index contributed by atoms with van der Waals surface area (Å²) in [6.45, 7) is -6.20. The number of carbonyl (C=O) groups excluding carboxylic acids is 1. The number of phosphoric acid groups is 2. The van der Waals surface area contributed by atoms with Crippen LogP contribution in [0, 0.1) is 0 Å². The van der Waals surface area contributed by atoms with E-state index in [2.05, 4.69) is 23.1 Å². The van der Waals surface area contributed by atoms with Gasteiger partial charge in [-0.1, -0.05) is 59.6 Å². The molecule has 0 aliphatic carbocycles. The number of carbonyl (C=O) groups is 1. The van der Waals surface area contributed by atoms with Gasteiger partial charge in [-0.25, -0.2) is 18.3 Å². The molecule has 1 saturated heterocycles. The number of imidazole rings is 1. The fraction of sp³-hybridized carbons (Fsp3) is 0.241. The quantitative estimate of drug-likeness (QED) is 0.0405. The number of hydrogen-bond donors (Lipinski definition) is 7. The van der Waals surface area contributed by atoms with E-state index in [1.807, 2.05) is 36.4 Å². The summed E-state index contributed by atoms with van der Waals surface area (Å²) in [5.74, 6) is -1.54. The van der Waals surface area contributed by atoms with Gasteiger partial charge in [-0.15, -0.1) is 0 Å². The van der Waals surface area contributed by atoms with E-state index in [1.165, 1.54) is 22.5 Å². The molecule has 274 valence electrons. The lowest BCUT2D eigenvalue weighted by molar-refractivity contribution is -0.745. The average Bonchev–Trinajstić information content (AvgIpc) is 3.54. The second kappa shape index (κ2) is 13.4. The number of aromatic amines is 1. The van der Waals surface area contributed by atoms with Gasteiger partial charge in [0, 0.05) is 5.56 Å². The number of Topliss-reactive ketones (excluding diaryl/α,β-unsaturated/α-hetero) is 1. The molecule has 3 unspecified atom stereocenters. The third kappa shape index (κ3) is 6.95. The molecular weight excluding hydrogens is 767 g/mol. The van der Waals surface area contributed by atoms with E-state index in [9.17, 15) is 48.2 Å². The lowest BCUT2D eigenvalue weighted by Crippen LogP contribution is -2.46. The van der Waals surface area contributed by atoms with Gasteiger partial charge in [-0.05, 0) is 43.7 Å². The maximum Gasteiger partial charge on any atom is 0.488 e. The van der Waals surface area contributed by atoms with Gasteiger partial charge < -0.3 is 35.4 Å². The molecule has 1 fully saturated rings. The van der Waals surface area contributed by atoms with Crippen LogP contribution in [0.15, 0.2) is 65.7 Å². The number of nitrogen functional groups attached to an aromatic ring is 1. The second-order valence-electron chi connectivity index (χ2n) is 11.8. The van der Waals surface area contributed by atoms with Crippen LogP contribution in [0.4, 0.5) is 5.95 Å². The average molecular weight is 797 g/mol. The number of nitrogens with zero attached hydrogens (tertiary/aromatic N) is 3. The summed E-state index contributed by atoms with van der Waals surface area (Å²) in [6, 6.07) is 16.6. The number of rotatable bonds is 12. The molecule has 1 aliphatic rings. The monoisotopic (exact) mass is 796 g/mol. The van der Waals surface area contributed by atoms with Crippen molar-refractivity contribution in [1.82, 2.24) is 14.5 Å². The smallest absolute Gasteiger partial charge is 0.387 e. The van der Waals surface area contributed by atoms with Crippen molar-refractivity contribution in [3.63, 3.8) is 0 Å². The van der Waals surface area contributed by atoms with Crippen LogP contribution in [0.3, 0.4) is 0 Å². The van der Waals surface area contributed by atoms with Gasteiger partial charge in [-0.3, -0.25) is 23.7 Å². The number of anilines is 1. The van der Waals surface area contributed by atoms with Gasteiger partial charge in [0.1, 0.15) is 18.3 Å². The van der Waals surface area contributed by atoms with E-state index in [0.29, 0.717) is 5.39 Å². The zero-order valence-corrected chi connectivity index (χ0v) is 30.1. The highest BCUT2D eigenvalue weighted by Crippen LogP contribution is 2.71. The number of nitrogens with two attached hydrogens (primary N) is 1. The molecule has 19 nitrogen and oxygen atoms in total. The molecule has 23 heteroatoms. The molecule has 0 bridgehead atoms. The predicted octanol–water partition coefficient (Wildman–Crippen LogP) is 2.61. The van der Waals surface area contributed by atoms with Crippen molar-refractivity contribution in [3.05, 3.63) is 76.8 Å². The number of ketones is 1. The molecule has 0 spiro atoms. The van der Waals surface area contributed by atoms with Gasteiger partial charge in [0.15, 0.2) is 12.1 Å². The fourth-order valence-corrected chi connectivity index (χ4v) is 11.9. The number of phosphoric ester groups is 1. The topological polar surface area (TPSA) is 287 Å². The summed E-state index contributed by atoms with van der Waals surface area (Å²) in [5, 5.41) is 26.4. The first-order valence-electron chi connectivity index (χ1n) is 15.1. The molecule has 0 radical (unpaired) electrons. The minimum atomic E-state index is -5.82. The predicted molar refractivity (Wildman–Crippen MR) is 186 cm³/mol. The van der Waals surface area contributed by atoms with Gasteiger partial charge in [0.2, 0.25) is 11.7 Å². The standard InChI is InChI=1S/C29H28N5O14P3S/c1-33-13-34(26-23(33)27(38)32-29(30)31-26)28-25(37)24(36)20(46-28)11-45-49(39,40)47-50(41,42)48-51(43,44)52-12-19(35)17-9-7-16-6-5-14-3-2-4-15-8-10-18(17)22(16)21(14)15/h2-10,13,20,24-25,28,36-37H,11-12H2,1H3,(H5-,30,31,32,38,39,40,41,42,43,44)/p+1/t20-,24-,25-,28-/m1/s1. The van der Waals surface area contributed by atoms with Crippen LogP contribution in [0.2, 0.25) is 0 Å². The molecule has 2 aromatic heterocycles. The second-order valence-corrected chi connectivity index (χ2v) is 18.9. The highest BCUT2D eigenvalue weighted by Gasteiger charge is 2.49. The Labute approximate surface area is 295 Å². The first-order valence-corrected chi connectivity index (χ1v) is 21.3. The number of nitrogens with one attached hydrogen (secondary N) is 1. The molecule has 0 amide bonds. The minimum Gasteiger partial charge on any atom is -0.387 e. The van der Waals surface area contributed by atoms with Crippen molar-refractivity contribution in [1.29, 1.82) is 0 Å². The molecular formula is C29H29N5O14P3S+. The van der Waals surface area contributed by atoms with Crippen LogP contribution < -0.4 is 15.9 Å². The van der Waals surface area contributed by atoms with Crippen LogP contribution in [0.5, 0.6) is 0 Å². The van der Waals surface area contributed by atoms with Crippen molar-refractivity contribution >= 4 is 89.0 Å². The first kappa shape index (κ1) is 36.8. The fourth-order valence-electron chi connectivity index (χ4n) is 6.24. The third-order valence-electron chi connectivity index (χ3n) is 8.40. The summed E-state index contributed by atoms with van der Waals surface area (Å²) in [5.41, 5.74) is 5.27. The van der Waals surface area contributed by atoms with Crippen molar-refractivity contribution in [2.45, 2.75) is 24.5 Å². The maximum absolute atomic E-state index is 13.2. The number of aryl methyl sites for hydroxylation is 1. The molecule has 4 aromatic carbocycles. The Morgan fingerprint density at radius 1 is 0.981 bits per heavy atom. The van der Waals surface area contributed by atoms with E-state index >= 15 is 0 Å². The molecule has 1 aliphatic heterocycles. The Morgan fingerprint density at radius 3 is 2.35 bits per heavy atom. The minimum absolute atomic E-state index is 0.0138. The summed E-state index contributed by atoms with van der Waals surface area (Å²) in [7, 11) is -9.92. The number of aliphatic hydroxyl groups is 2. The summed E-state index contributed by atoms with van der Waals surface area (Å²) in [4.78, 5) is 62.4. The molecule has 8 N–H and O–H groups in total. The lowest BCUT2D eigenvalue weighted by Gasteiger charge is -2.20. The summed E-state index contributed by atoms with van der Waals surface area (Å²) < 4.78 is 59.2. The van der Waals surface area contributed by atoms with Gasteiger partial charge >= 0.3 is 28.1 Å². The molecule has 0 saturated carbocycles. The number of H-pyrrole nitrogens is 1. The Balaban J connectivity index is 0.982. The first-order chi connectivity index (χ1) is 24.4. The van der Waals surface area contributed by atoms with Crippen LogP contribution in [-0.2, 0) is 38.6 Å². The van der Waals surface area contributed by atoms with E-state index in [4.69, 9.17) is 10.5 Å². The number of hydrogen-bond acceptors (Lipinski definition) is 14. The Bertz CT molecular complexity index is 2580. The van der Waals surface area contributed by atoms with Crippen molar-refractivity contribution in [2.24, 2.45) is 7.05 Å². The largest absolute Gasteiger partial charge is 0.488 e. The van der Waals surface area contributed by atoms with Gasteiger partial charge in [0.05, 0.1) is 19.4 Å². The van der Waals surface area contributed by atoms with Crippen LogP contribution in [0.1, 0.15) is 16.6 Å². The van der Waals surface area contributed by atoms with Crippen molar-refractivity contribution in [3.8, 4) is 0 Å². The highest BCUT2D eigenvalue weighted by molar-refractivity contribution is 8.55. The number of aliphatic hydroxyl groups excluding tert-OH is 2. The third-order valence-corrected chi connectivity index (χ3v) is 14.9. The van der Waals surface area contributed by atoms with Gasteiger partial charge in [0.25, 0.3) is 11.5 Å². The van der Waals surface area contributed by atoms with Crippen molar-refractivity contribution < 1.29 is 65.8 Å². The number of fused-ring (bicyclic) bond motifs is 1. The van der Waals surface area contributed by atoms with Crippen molar-refractivity contribution in [2.75, 3.05) is 18.1 Å². The maximum atomic E-state index is 13.2. The zero-order valence-electron chi connectivity index (χ0n) is 26.6. The van der Waals surface area contributed by atoms with Gasteiger partial charge in [-0.2, -0.15) is 8.62 Å². The van der Waals surface area contributed by atoms with Crippen LogP contribution in [0.25, 0.3) is 43.5 Å². The molecule has 52 heavy (non-hydrogen) atoms. The van der Waals surface area contributed by atoms with E-state index < -0.39 is 70.7 Å². The SMILES string of the molecule is Cn1c[n+]([C@@H]2O[C@H](COP(=O)(O)OP(=O)(O)OP(=O)(O)SCC(=O)c3ccc4ccc5cccc6ccc3c4c56)[C@@H](O)[C@H]2O)c2nc(N)[nH]c(=O)c21. The summed E-state index contributed by atoms with van der Waals surface area (Å²) in [6.07, 6.45) is -5.09. The van der Waals surface area contributed by atoms with E-state index in [1.54, 1.807) is 18.2 Å². The Hall–Kier alpha value is -3.58. The number of benzene rings is 4. The summed E-state index contributed by atoms with van der Waals surface area (Å²) >= 11 is -0.0138. The number of aromatic nitrogens is 4.